The maximum atomic E-state index is 14.1. The molecular formula is C32H50O11P2. The molecule has 0 aromatic carbocycles. The Bertz CT molecular complexity index is 1210. The van der Waals surface area contributed by atoms with Crippen molar-refractivity contribution >= 4 is 27.1 Å². The third-order valence-corrected chi connectivity index (χ3v) is 15.5. The average Bonchev–Trinajstić information content (AvgIpc) is 3.39. The second-order valence-electron chi connectivity index (χ2n) is 12.0. The number of carbonyl (C=O) groups is 2. The first-order valence-corrected chi connectivity index (χ1v) is 19.6. The molecular weight excluding hydrogens is 622 g/mol. The molecule has 1 heterocycles. The van der Waals surface area contributed by atoms with E-state index in [4.69, 9.17) is 32.3 Å². The Kier molecular flexibility index (Phi) is 12.5. The molecule has 1 saturated heterocycles. The number of ether oxygens (including phenoxy) is 3. The monoisotopic (exact) mass is 672 g/mol. The summed E-state index contributed by atoms with van der Waals surface area (Å²) >= 11 is 0. The van der Waals surface area contributed by atoms with E-state index in [-0.39, 0.29) is 50.3 Å². The molecule has 0 aromatic heterocycles. The maximum absolute atomic E-state index is 14.1. The minimum absolute atomic E-state index is 0.0127. The van der Waals surface area contributed by atoms with Crippen LogP contribution in [0.3, 0.4) is 0 Å². The van der Waals surface area contributed by atoms with Crippen LogP contribution >= 0.6 is 15.2 Å². The average molecular weight is 673 g/mol. The van der Waals surface area contributed by atoms with Crippen molar-refractivity contribution < 1.29 is 51.0 Å². The summed E-state index contributed by atoms with van der Waals surface area (Å²) in [6, 6.07) is 0. The molecule has 0 bridgehead atoms. The standard InChI is InChI=1S/C32H50O11P2/c1-7-37-30(33)27(21-29(44(35,39-8-2)40-9-3)45(36,41-10-4)42-11-5)31(34)43-23-13-15-24-22(20-23)12-14-26-25(24)16-18-32(6)28(26)17-19-38-32/h12-13,15,20,24-29H,7-11,14,16-19,21H2,1-6H3/t24?,25?,26?,27?,28?,32-/m0/s1. The molecule has 5 unspecified atom stereocenters. The fourth-order valence-electron chi connectivity index (χ4n) is 7.54. The van der Waals surface area contributed by atoms with Gasteiger partial charge in [-0.3, -0.25) is 18.7 Å². The van der Waals surface area contributed by atoms with E-state index in [2.05, 4.69) is 19.1 Å². The van der Waals surface area contributed by atoms with E-state index < -0.39 is 44.9 Å². The summed E-state index contributed by atoms with van der Waals surface area (Å²) in [5.41, 5.74) is 1.05. The molecule has 4 rings (SSSR count). The molecule has 13 heteroatoms. The zero-order valence-corrected chi connectivity index (χ0v) is 29.2. The summed E-state index contributed by atoms with van der Waals surface area (Å²) in [5, 5.41) is -1.58. The molecule has 0 radical (unpaired) electrons. The maximum Gasteiger partial charge on any atom is 0.345 e. The van der Waals surface area contributed by atoms with Gasteiger partial charge in [0.15, 0.2) is 11.3 Å². The lowest BCUT2D eigenvalue weighted by atomic mass is 9.57. The van der Waals surface area contributed by atoms with Gasteiger partial charge in [-0.1, -0.05) is 12.2 Å². The van der Waals surface area contributed by atoms with Gasteiger partial charge < -0.3 is 32.3 Å². The Morgan fingerprint density at radius 1 is 0.911 bits per heavy atom. The molecule has 1 saturated carbocycles. The molecule has 0 aromatic rings. The number of carbonyl (C=O) groups excluding carboxylic acids is 2. The van der Waals surface area contributed by atoms with Crippen molar-refractivity contribution in [2.24, 2.45) is 29.6 Å². The molecule has 6 atom stereocenters. The first-order valence-electron chi connectivity index (χ1n) is 16.4. The van der Waals surface area contributed by atoms with Crippen molar-refractivity contribution in [1.82, 2.24) is 0 Å². The minimum atomic E-state index is -4.23. The predicted molar refractivity (Wildman–Crippen MR) is 168 cm³/mol. The largest absolute Gasteiger partial charge is 0.465 e. The Morgan fingerprint density at radius 2 is 1.53 bits per heavy atom. The summed E-state index contributed by atoms with van der Waals surface area (Å²) in [4.78, 5) is 26.9. The van der Waals surface area contributed by atoms with Crippen LogP contribution in [-0.2, 0) is 51.0 Å². The van der Waals surface area contributed by atoms with Crippen LogP contribution in [0.15, 0.2) is 35.6 Å². The van der Waals surface area contributed by atoms with E-state index in [9.17, 15) is 18.7 Å². The van der Waals surface area contributed by atoms with Gasteiger partial charge in [-0.2, -0.15) is 0 Å². The van der Waals surface area contributed by atoms with Gasteiger partial charge in [0.25, 0.3) is 0 Å². The van der Waals surface area contributed by atoms with Crippen LogP contribution < -0.4 is 0 Å². The topological polar surface area (TPSA) is 133 Å². The van der Waals surface area contributed by atoms with E-state index in [1.165, 1.54) is 0 Å². The van der Waals surface area contributed by atoms with Gasteiger partial charge in [-0.15, -0.1) is 0 Å². The van der Waals surface area contributed by atoms with Gasteiger partial charge in [0, 0.05) is 12.5 Å². The second-order valence-corrected chi connectivity index (χ2v) is 16.8. The number of fused-ring (bicyclic) bond motifs is 5. The van der Waals surface area contributed by atoms with E-state index in [1.807, 2.05) is 6.08 Å². The van der Waals surface area contributed by atoms with E-state index in [0.717, 1.165) is 37.9 Å². The molecule has 45 heavy (non-hydrogen) atoms. The van der Waals surface area contributed by atoms with Gasteiger partial charge in [0.05, 0.1) is 38.6 Å². The van der Waals surface area contributed by atoms with Crippen LogP contribution in [0, 0.1) is 29.6 Å². The SMILES string of the molecule is CCOC(=O)C(CC(P(=O)(OCC)OCC)P(=O)(OCC)OCC)C(=O)OC1=CC2=CCC3C(CC[C@]4(C)OCCC34)C2C=C1. The van der Waals surface area contributed by atoms with Gasteiger partial charge in [-0.05, 0) is 109 Å². The molecule has 0 amide bonds. The molecule has 11 nitrogen and oxygen atoms in total. The molecule has 4 aliphatic rings. The summed E-state index contributed by atoms with van der Waals surface area (Å²) < 4.78 is 67.5. The predicted octanol–water partition coefficient (Wildman–Crippen LogP) is 7.18. The summed E-state index contributed by atoms with van der Waals surface area (Å²) in [6.45, 7) is 10.9. The zero-order valence-electron chi connectivity index (χ0n) is 27.4. The number of hydrogen-bond acceptors (Lipinski definition) is 11. The van der Waals surface area contributed by atoms with Gasteiger partial charge in [0.2, 0.25) is 0 Å². The molecule has 2 fully saturated rings. The Morgan fingerprint density at radius 3 is 2.11 bits per heavy atom. The third-order valence-electron chi connectivity index (χ3n) is 9.42. The van der Waals surface area contributed by atoms with Crippen LogP contribution in [0.1, 0.15) is 73.6 Å². The fourth-order valence-corrected chi connectivity index (χ4v) is 12.9. The van der Waals surface area contributed by atoms with Crippen molar-refractivity contribution in [2.45, 2.75) is 84.6 Å². The number of hydrogen-bond donors (Lipinski definition) is 0. The van der Waals surface area contributed by atoms with E-state index in [1.54, 1.807) is 40.7 Å². The Labute approximate surface area is 267 Å². The highest BCUT2D eigenvalue weighted by Crippen LogP contribution is 2.72. The number of allylic oxidation sites excluding steroid dienone is 5. The molecule has 1 aliphatic heterocycles. The van der Waals surface area contributed by atoms with E-state index in [0.29, 0.717) is 17.8 Å². The lowest BCUT2D eigenvalue weighted by Crippen LogP contribution is -2.47. The van der Waals surface area contributed by atoms with Crippen molar-refractivity contribution in [2.75, 3.05) is 39.6 Å². The summed E-state index contributed by atoms with van der Waals surface area (Å²) in [6.07, 6.45) is 11.5. The Hall–Kier alpha value is -1.58. The zero-order chi connectivity index (χ0) is 32.8. The second kappa shape index (κ2) is 15.5. The van der Waals surface area contributed by atoms with Crippen molar-refractivity contribution in [1.29, 1.82) is 0 Å². The summed E-state index contributed by atoms with van der Waals surface area (Å²) in [7, 11) is -8.45. The highest BCUT2D eigenvalue weighted by atomic mass is 31.2. The van der Waals surface area contributed by atoms with Crippen molar-refractivity contribution in [3.8, 4) is 0 Å². The van der Waals surface area contributed by atoms with Crippen LogP contribution in [-0.4, -0.2) is 62.6 Å². The van der Waals surface area contributed by atoms with Crippen molar-refractivity contribution in [3.05, 3.63) is 35.6 Å². The minimum Gasteiger partial charge on any atom is -0.465 e. The van der Waals surface area contributed by atoms with Gasteiger partial charge in [-0.25, -0.2) is 0 Å². The fraction of sp³-hybridized carbons (Fsp3) is 0.750. The van der Waals surface area contributed by atoms with Crippen LogP contribution in [0.25, 0.3) is 0 Å². The smallest absolute Gasteiger partial charge is 0.345 e. The normalized spacial score (nSPS) is 28.4. The number of esters is 2. The van der Waals surface area contributed by atoms with Gasteiger partial charge >= 0.3 is 27.1 Å². The first-order chi connectivity index (χ1) is 21.5. The first kappa shape index (κ1) is 36.3. The summed E-state index contributed by atoms with van der Waals surface area (Å²) in [5.74, 6) is -1.37. The molecule has 254 valence electrons. The van der Waals surface area contributed by atoms with Crippen LogP contribution in [0.2, 0.25) is 0 Å². The highest BCUT2D eigenvalue weighted by Gasteiger charge is 2.55. The lowest BCUT2D eigenvalue weighted by Gasteiger charge is -2.49. The van der Waals surface area contributed by atoms with Crippen molar-refractivity contribution in [3.63, 3.8) is 0 Å². The van der Waals surface area contributed by atoms with E-state index >= 15 is 0 Å². The number of rotatable bonds is 16. The Balaban J connectivity index is 1.60. The van der Waals surface area contributed by atoms with Crippen LogP contribution in [0.4, 0.5) is 0 Å². The lowest BCUT2D eigenvalue weighted by molar-refractivity contribution is -0.159. The third kappa shape index (κ3) is 7.77. The molecule has 0 N–H and O–H groups in total. The quantitative estimate of drug-likeness (QED) is 0.0938. The highest BCUT2D eigenvalue weighted by molar-refractivity contribution is 7.72. The molecule has 0 spiro atoms. The van der Waals surface area contributed by atoms with Gasteiger partial charge in [0.1, 0.15) is 5.76 Å². The molecule has 3 aliphatic carbocycles. The van der Waals surface area contributed by atoms with Crippen LogP contribution in [0.5, 0.6) is 0 Å².